The number of guanidine groups is 1. The largest absolute Gasteiger partial charge is 0.497 e. The second kappa shape index (κ2) is 21.9. The molecule has 7 N–H and O–H groups in total. The van der Waals surface area contributed by atoms with Crippen molar-refractivity contribution in [1.29, 1.82) is 0 Å². The number of hydrogen-bond donors (Lipinski definition) is 5. The molecule has 0 amide bonds. The van der Waals surface area contributed by atoms with Crippen molar-refractivity contribution in [1.82, 2.24) is 10.3 Å². The van der Waals surface area contributed by atoms with Gasteiger partial charge in [-0.05, 0) is 37.3 Å². The Hall–Kier alpha value is -8.42. The Balaban J connectivity index is 0.000000265. The van der Waals surface area contributed by atoms with Crippen LogP contribution in [-0.4, -0.2) is 63.8 Å². The van der Waals surface area contributed by atoms with E-state index in [1.54, 1.807) is 11.3 Å². The third kappa shape index (κ3) is 13.6. The van der Waals surface area contributed by atoms with E-state index in [1.165, 1.54) is 16.0 Å². The van der Waals surface area contributed by atoms with Crippen molar-refractivity contribution >= 4 is 56.6 Å². The number of aliphatic imine (C=N–C) groups is 1. The Labute approximate surface area is 346 Å². The molecule has 5 aromatic rings. The van der Waals surface area contributed by atoms with Crippen LogP contribution in [0.5, 0.6) is 11.5 Å². The van der Waals surface area contributed by atoms with Crippen LogP contribution in [-0.2, 0) is 6.42 Å². The van der Waals surface area contributed by atoms with E-state index in [1.807, 2.05) is 6.92 Å². The number of benzene rings is 4. The first-order valence-electron chi connectivity index (χ1n) is 17.3. The van der Waals surface area contributed by atoms with Crippen molar-refractivity contribution in [3.63, 3.8) is 0 Å². The van der Waals surface area contributed by atoms with Gasteiger partial charge in [0.15, 0.2) is 11.1 Å². The van der Waals surface area contributed by atoms with Crippen LogP contribution in [0.15, 0.2) is 89.9 Å². The first-order valence-corrected chi connectivity index (χ1v) is 18.1. The fourth-order valence-electron chi connectivity index (χ4n) is 5.37. The second-order valence-electron chi connectivity index (χ2n) is 12.2. The number of phenols is 2. The zero-order chi connectivity index (χ0) is 45.4. The maximum atomic E-state index is 10.4. The molecule has 0 aliphatic heterocycles. The van der Waals surface area contributed by atoms with Gasteiger partial charge < -0.3 is 27.0 Å². The smallest absolute Gasteiger partial charge is 0.324 e. The summed E-state index contributed by atoms with van der Waals surface area (Å²) in [5.74, 6) is -1.58. The minimum atomic E-state index is -1.21. The van der Waals surface area contributed by atoms with Crippen LogP contribution >= 0.6 is 11.3 Å². The quantitative estimate of drug-likeness (QED) is 0.0252. The van der Waals surface area contributed by atoms with Crippen LogP contribution in [0.4, 0.5) is 39.3 Å². The molecular weight excluding hydrogens is 831 g/mol. The lowest BCUT2D eigenvalue weighted by Gasteiger charge is -2.18. The van der Waals surface area contributed by atoms with Gasteiger partial charge >= 0.3 is 22.7 Å². The molecule has 0 saturated heterocycles. The van der Waals surface area contributed by atoms with Crippen molar-refractivity contribution < 1.29 is 39.8 Å². The molecule has 0 bridgehead atoms. The summed E-state index contributed by atoms with van der Waals surface area (Å²) in [5.41, 5.74) is 9.45. The summed E-state index contributed by atoms with van der Waals surface area (Å²) in [6.45, 7) is 3.46. The Morgan fingerprint density at radius 3 is 1.43 bits per heavy atom. The summed E-state index contributed by atoms with van der Waals surface area (Å²) in [6.07, 6.45) is 2.81. The van der Waals surface area contributed by atoms with Crippen LogP contribution in [0.25, 0.3) is 0 Å². The molecule has 1 heterocycles. The van der Waals surface area contributed by atoms with Crippen LogP contribution < -0.4 is 16.8 Å². The van der Waals surface area contributed by atoms with E-state index in [-0.39, 0.29) is 0 Å². The van der Waals surface area contributed by atoms with E-state index >= 15 is 0 Å². The number of aromatic hydroxyl groups is 2. The predicted molar refractivity (Wildman–Crippen MR) is 220 cm³/mol. The normalized spacial score (nSPS) is 10.7. The molecule has 1 aromatic heterocycles. The third-order valence-corrected chi connectivity index (χ3v) is 9.26. The molecule has 4 aromatic carbocycles. The first-order chi connectivity index (χ1) is 28.8. The molecule has 0 radical (unpaired) electrons. The fourth-order valence-corrected chi connectivity index (χ4v) is 6.24. The van der Waals surface area contributed by atoms with Crippen molar-refractivity contribution in [2.45, 2.75) is 32.1 Å². The summed E-state index contributed by atoms with van der Waals surface area (Å²) in [4.78, 5) is 65.5. The van der Waals surface area contributed by atoms with Gasteiger partial charge in [-0.3, -0.25) is 65.7 Å². The molecule has 5 rings (SSSR count). The van der Waals surface area contributed by atoms with E-state index < -0.39 is 75.2 Å². The number of phenolic OH excluding ortho intramolecular Hbond substituents is 2. The van der Waals surface area contributed by atoms with Gasteiger partial charge in [-0.2, -0.15) is 0 Å². The number of non-ortho nitro benzene ring substituents is 2. The SMILES string of the molecule is Cc1nc(N)sc1CCCN=C(N)NCCC(c1ccccc1)c1ccccc1.O=[N+]([O-])c1cc([N+](=O)[O-])c(O)c([N+](=O)[O-])c1.O=[N+]([O-])c1cc([N+](=O)[O-])c(O)c([N+](=O)[O-])c1. The minimum absolute atomic E-state index is 0.331. The molecule has 0 fully saturated rings. The zero-order valence-corrected chi connectivity index (χ0v) is 32.4. The van der Waals surface area contributed by atoms with Crippen LogP contribution in [0.3, 0.4) is 0 Å². The van der Waals surface area contributed by atoms with Gasteiger partial charge in [0.2, 0.25) is 0 Å². The summed E-state index contributed by atoms with van der Waals surface area (Å²) in [5, 5.41) is 84.3. The van der Waals surface area contributed by atoms with Gasteiger partial charge in [0.05, 0.1) is 59.5 Å². The lowest BCUT2D eigenvalue weighted by atomic mass is 9.88. The predicted octanol–water partition coefficient (Wildman–Crippen LogP) is 6.33. The number of aryl methyl sites for hydroxylation is 2. The van der Waals surface area contributed by atoms with Crippen molar-refractivity contribution in [3.8, 4) is 11.5 Å². The van der Waals surface area contributed by atoms with Gasteiger partial charge in [0, 0.05) is 23.9 Å². The first kappa shape index (κ1) is 47.0. The number of anilines is 1. The van der Waals surface area contributed by atoms with Crippen LogP contribution in [0.2, 0.25) is 0 Å². The second-order valence-corrected chi connectivity index (χ2v) is 13.3. The number of nitro groups is 6. The van der Waals surface area contributed by atoms with Gasteiger partial charge in [-0.25, -0.2) is 4.98 Å². The topological polar surface area (TPSA) is 389 Å². The number of nitrogens with two attached hydrogens (primary N) is 2. The van der Waals surface area contributed by atoms with Crippen molar-refractivity contribution in [2.75, 3.05) is 18.8 Å². The molecule has 320 valence electrons. The van der Waals surface area contributed by atoms with Crippen molar-refractivity contribution in [2.24, 2.45) is 10.7 Å². The third-order valence-electron chi connectivity index (χ3n) is 8.21. The summed E-state index contributed by atoms with van der Waals surface area (Å²) in [6, 6.07) is 23.0. The minimum Gasteiger partial charge on any atom is -0.497 e. The van der Waals surface area contributed by atoms with Gasteiger partial charge in [0.25, 0.3) is 22.9 Å². The van der Waals surface area contributed by atoms with E-state index in [0.29, 0.717) is 47.8 Å². The standard InChI is InChI=1S/C23H29N5S.2C6H3N3O7/c1-17-21(29-23(25)28-17)13-8-15-26-22(24)27-16-14-20(18-9-4-2-5-10-18)19-11-6-3-7-12-19;2*10-6-4(8(13)14)1-3(7(11)12)2-5(6)9(15)16/h2-7,9-12,20H,8,13-16H2,1H3,(H2,25,28)(H3,24,26,27);2*1-2,10H. The van der Waals surface area contributed by atoms with Crippen LogP contribution in [0.1, 0.15) is 40.5 Å². The number of hydrogen-bond acceptors (Lipinski definition) is 18. The Morgan fingerprint density at radius 2 is 1.10 bits per heavy atom. The molecule has 0 unspecified atom stereocenters. The summed E-state index contributed by atoms with van der Waals surface area (Å²) >= 11 is 1.56. The zero-order valence-electron chi connectivity index (χ0n) is 31.6. The number of nitrogen functional groups attached to an aromatic ring is 1. The summed E-state index contributed by atoms with van der Waals surface area (Å²) < 4.78 is 0. The number of thiazole rings is 1. The molecule has 0 aliphatic carbocycles. The highest BCUT2D eigenvalue weighted by molar-refractivity contribution is 7.15. The Kier molecular flexibility index (Phi) is 16.9. The number of nitro benzene ring substituents is 6. The average molecular weight is 866 g/mol. The number of rotatable bonds is 15. The molecule has 0 atom stereocenters. The molecule has 0 saturated carbocycles. The highest BCUT2D eigenvalue weighted by Gasteiger charge is 2.31. The molecule has 25 nitrogen and oxygen atoms in total. The van der Waals surface area contributed by atoms with Gasteiger partial charge in [0.1, 0.15) is 0 Å². The highest BCUT2D eigenvalue weighted by atomic mass is 32.1. The molecule has 26 heteroatoms. The maximum Gasteiger partial charge on any atom is 0.324 e. The number of nitrogens with one attached hydrogen (secondary N) is 1. The average Bonchev–Trinajstić information content (AvgIpc) is 3.54. The van der Waals surface area contributed by atoms with Gasteiger partial charge in [-0.1, -0.05) is 60.7 Å². The number of aromatic nitrogens is 1. The van der Waals surface area contributed by atoms with E-state index in [4.69, 9.17) is 21.7 Å². The molecule has 0 aliphatic rings. The molecule has 61 heavy (non-hydrogen) atoms. The molecule has 0 spiro atoms. The highest BCUT2D eigenvalue weighted by Crippen LogP contribution is 2.40. The van der Waals surface area contributed by atoms with Crippen LogP contribution in [0, 0.1) is 67.6 Å². The van der Waals surface area contributed by atoms with Gasteiger partial charge in [-0.15, -0.1) is 11.3 Å². The maximum absolute atomic E-state index is 10.4. The van der Waals surface area contributed by atoms with E-state index in [9.17, 15) is 60.7 Å². The lowest BCUT2D eigenvalue weighted by molar-refractivity contribution is -0.404. The fraction of sp³-hybridized carbons (Fsp3) is 0.200. The van der Waals surface area contributed by atoms with E-state index in [2.05, 4.69) is 76.0 Å². The molecular formula is C35H35N11O14S. The lowest BCUT2D eigenvalue weighted by Crippen LogP contribution is -2.33. The van der Waals surface area contributed by atoms with E-state index in [0.717, 1.165) is 31.5 Å². The number of nitrogens with zero attached hydrogens (tertiary/aromatic N) is 8. The van der Waals surface area contributed by atoms with Crippen molar-refractivity contribution in [3.05, 3.63) is 167 Å². The monoisotopic (exact) mass is 865 g/mol. The Morgan fingerprint density at radius 1 is 0.705 bits per heavy atom. The summed E-state index contributed by atoms with van der Waals surface area (Å²) in [7, 11) is 0. The Bertz CT molecular complexity index is 2230.